The average molecular weight is 327 g/mol. The molecule has 0 fully saturated rings. The van der Waals surface area contributed by atoms with Crippen LogP contribution in [-0.4, -0.2) is 14.5 Å². The van der Waals surface area contributed by atoms with Gasteiger partial charge in [-0.3, -0.25) is 4.31 Å². The zero-order valence-electron chi connectivity index (χ0n) is 13.7. The van der Waals surface area contributed by atoms with Crippen LogP contribution in [0.1, 0.15) is 30.0 Å². The van der Waals surface area contributed by atoms with Crippen molar-refractivity contribution < 1.29 is 8.42 Å². The third-order valence-corrected chi connectivity index (χ3v) is 6.30. The Morgan fingerprint density at radius 1 is 1.09 bits per heavy atom. The molecule has 0 bridgehead atoms. The van der Waals surface area contributed by atoms with E-state index in [2.05, 4.69) is 6.58 Å². The fourth-order valence-electron chi connectivity index (χ4n) is 3.26. The second kappa shape index (κ2) is 5.53. The van der Waals surface area contributed by atoms with E-state index in [9.17, 15) is 8.42 Å². The summed E-state index contributed by atoms with van der Waals surface area (Å²) in [5.74, 6) is 0. The third-order valence-electron chi connectivity index (χ3n) is 4.46. The van der Waals surface area contributed by atoms with Gasteiger partial charge in [-0.25, -0.2) is 8.42 Å². The highest BCUT2D eigenvalue weighted by Crippen LogP contribution is 2.45. The molecule has 1 aliphatic heterocycles. The summed E-state index contributed by atoms with van der Waals surface area (Å²) in [6.07, 6.45) is 0.693. The Labute approximate surface area is 138 Å². The lowest BCUT2D eigenvalue weighted by molar-refractivity contribution is 0.586. The van der Waals surface area contributed by atoms with Crippen molar-refractivity contribution in [2.45, 2.75) is 38.1 Å². The topological polar surface area (TPSA) is 37.4 Å². The van der Waals surface area contributed by atoms with E-state index in [1.54, 1.807) is 16.4 Å². The van der Waals surface area contributed by atoms with Crippen molar-refractivity contribution in [2.24, 2.45) is 0 Å². The first-order valence-electron chi connectivity index (χ1n) is 7.77. The molecule has 0 N–H and O–H groups in total. The van der Waals surface area contributed by atoms with Gasteiger partial charge in [0.1, 0.15) is 0 Å². The molecule has 3 rings (SSSR count). The van der Waals surface area contributed by atoms with Crippen LogP contribution in [0, 0.1) is 13.8 Å². The summed E-state index contributed by atoms with van der Waals surface area (Å²) in [6, 6.07) is 12.6. The standard InChI is InChI=1S/C19H21NO2S/c1-5-17-15(4)19-14(3)7-6-8-18(19)20(17)23(21,22)16-11-9-13(2)10-12-16/h6-12,17H,4-5H2,1-3H3. The second-order valence-electron chi connectivity index (χ2n) is 6.03. The highest BCUT2D eigenvalue weighted by molar-refractivity contribution is 7.93. The molecule has 1 unspecified atom stereocenters. The number of fused-ring (bicyclic) bond motifs is 1. The van der Waals surface area contributed by atoms with Crippen molar-refractivity contribution in [1.82, 2.24) is 0 Å². The first-order chi connectivity index (χ1) is 10.9. The predicted octanol–water partition coefficient (Wildman–Crippen LogP) is 4.30. The minimum atomic E-state index is -3.61. The zero-order valence-corrected chi connectivity index (χ0v) is 14.5. The minimum Gasteiger partial charge on any atom is -0.258 e. The van der Waals surface area contributed by atoms with Crippen LogP contribution < -0.4 is 4.31 Å². The molecule has 0 saturated carbocycles. The molecular weight excluding hydrogens is 306 g/mol. The van der Waals surface area contributed by atoms with E-state index in [4.69, 9.17) is 0 Å². The number of anilines is 1. The molecule has 4 heteroatoms. The molecule has 1 heterocycles. The van der Waals surface area contributed by atoms with E-state index in [1.807, 2.05) is 51.1 Å². The Hall–Kier alpha value is -2.07. The monoisotopic (exact) mass is 327 g/mol. The number of hydrogen-bond donors (Lipinski definition) is 0. The fraction of sp³-hybridized carbons (Fsp3) is 0.263. The lowest BCUT2D eigenvalue weighted by Crippen LogP contribution is -2.36. The molecular formula is C19H21NO2S. The molecule has 120 valence electrons. The van der Waals surface area contributed by atoms with Crippen molar-refractivity contribution in [3.05, 3.63) is 65.7 Å². The fourth-order valence-corrected chi connectivity index (χ4v) is 4.99. The summed E-state index contributed by atoms with van der Waals surface area (Å²) >= 11 is 0. The molecule has 0 aliphatic carbocycles. The quantitative estimate of drug-likeness (QED) is 0.842. The first kappa shape index (κ1) is 15.8. The number of nitrogens with zero attached hydrogens (tertiary/aromatic N) is 1. The van der Waals surface area contributed by atoms with E-state index < -0.39 is 10.0 Å². The molecule has 1 aliphatic rings. The number of aryl methyl sites for hydroxylation is 2. The SMILES string of the molecule is C=C1c2c(C)cccc2N(S(=O)(=O)c2ccc(C)cc2)C1CC. The molecule has 0 amide bonds. The molecule has 0 radical (unpaired) electrons. The zero-order chi connectivity index (χ0) is 16.8. The number of benzene rings is 2. The Kier molecular flexibility index (Phi) is 3.80. The van der Waals surface area contributed by atoms with E-state index in [0.717, 1.165) is 28.0 Å². The minimum absolute atomic E-state index is 0.225. The first-order valence-corrected chi connectivity index (χ1v) is 9.21. The smallest absolute Gasteiger partial charge is 0.258 e. The maximum atomic E-state index is 13.2. The van der Waals surface area contributed by atoms with Gasteiger partial charge in [0.2, 0.25) is 0 Å². The van der Waals surface area contributed by atoms with Crippen LogP contribution >= 0.6 is 0 Å². The molecule has 2 aromatic carbocycles. The molecule has 2 aromatic rings. The van der Waals surface area contributed by atoms with Crippen LogP contribution in [0.4, 0.5) is 5.69 Å². The van der Waals surface area contributed by atoms with Gasteiger partial charge in [0.05, 0.1) is 16.6 Å². The Morgan fingerprint density at radius 2 is 1.74 bits per heavy atom. The van der Waals surface area contributed by atoms with Gasteiger partial charge in [-0.05, 0) is 49.6 Å². The highest BCUT2D eigenvalue weighted by Gasteiger charge is 2.40. The molecule has 3 nitrogen and oxygen atoms in total. The van der Waals surface area contributed by atoms with Crippen LogP contribution in [-0.2, 0) is 10.0 Å². The van der Waals surface area contributed by atoms with Crippen molar-refractivity contribution in [2.75, 3.05) is 4.31 Å². The lowest BCUT2D eigenvalue weighted by atomic mass is 9.99. The summed E-state index contributed by atoms with van der Waals surface area (Å²) < 4.78 is 28.0. The average Bonchev–Trinajstić information content (AvgIpc) is 2.82. The third kappa shape index (κ3) is 2.38. The van der Waals surface area contributed by atoms with Crippen LogP contribution in [0.2, 0.25) is 0 Å². The Balaban J connectivity index is 2.20. The van der Waals surface area contributed by atoms with Crippen molar-refractivity contribution in [1.29, 1.82) is 0 Å². The molecule has 0 aromatic heterocycles. The largest absolute Gasteiger partial charge is 0.264 e. The predicted molar refractivity (Wildman–Crippen MR) is 95.1 cm³/mol. The normalized spacial score (nSPS) is 17.4. The summed E-state index contributed by atoms with van der Waals surface area (Å²) in [5, 5.41) is 0. The molecule has 23 heavy (non-hydrogen) atoms. The van der Waals surface area contributed by atoms with E-state index in [0.29, 0.717) is 11.3 Å². The Bertz CT molecular complexity index is 867. The maximum absolute atomic E-state index is 13.2. The van der Waals surface area contributed by atoms with Crippen molar-refractivity contribution in [3.8, 4) is 0 Å². The van der Waals surface area contributed by atoms with Gasteiger partial charge < -0.3 is 0 Å². The van der Waals surface area contributed by atoms with Crippen LogP contribution in [0.15, 0.2) is 53.9 Å². The number of rotatable bonds is 3. The molecule has 1 atom stereocenters. The van der Waals surface area contributed by atoms with Crippen LogP contribution in [0.3, 0.4) is 0 Å². The van der Waals surface area contributed by atoms with Crippen molar-refractivity contribution in [3.63, 3.8) is 0 Å². The van der Waals surface area contributed by atoms with Gasteiger partial charge in [-0.15, -0.1) is 0 Å². The van der Waals surface area contributed by atoms with E-state index >= 15 is 0 Å². The lowest BCUT2D eigenvalue weighted by Gasteiger charge is -2.26. The highest BCUT2D eigenvalue weighted by atomic mass is 32.2. The summed E-state index contributed by atoms with van der Waals surface area (Å²) in [5.41, 5.74) is 4.69. The number of sulfonamides is 1. The van der Waals surface area contributed by atoms with Gasteiger partial charge in [0.25, 0.3) is 10.0 Å². The van der Waals surface area contributed by atoms with Crippen LogP contribution in [0.5, 0.6) is 0 Å². The van der Waals surface area contributed by atoms with Crippen molar-refractivity contribution >= 4 is 21.3 Å². The summed E-state index contributed by atoms with van der Waals surface area (Å²) in [7, 11) is -3.61. The maximum Gasteiger partial charge on any atom is 0.264 e. The number of hydrogen-bond acceptors (Lipinski definition) is 2. The van der Waals surface area contributed by atoms with Gasteiger partial charge in [-0.2, -0.15) is 0 Å². The summed E-state index contributed by atoms with van der Waals surface area (Å²) in [4.78, 5) is 0.323. The molecule has 0 spiro atoms. The van der Waals surface area contributed by atoms with E-state index in [1.165, 1.54) is 0 Å². The second-order valence-corrected chi connectivity index (χ2v) is 7.85. The van der Waals surface area contributed by atoms with Crippen LogP contribution in [0.25, 0.3) is 5.57 Å². The van der Waals surface area contributed by atoms with E-state index in [-0.39, 0.29) is 6.04 Å². The van der Waals surface area contributed by atoms with Gasteiger partial charge in [0, 0.05) is 5.56 Å². The van der Waals surface area contributed by atoms with Gasteiger partial charge in [0.15, 0.2) is 0 Å². The molecule has 0 saturated heterocycles. The van der Waals surface area contributed by atoms with Gasteiger partial charge in [-0.1, -0.05) is 43.3 Å². The summed E-state index contributed by atoms with van der Waals surface area (Å²) in [6.45, 7) is 10.1. The van der Waals surface area contributed by atoms with Gasteiger partial charge >= 0.3 is 0 Å². The Morgan fingerprint density at radius 3 is 2.35 bits per heavy atom.